The van der Waals surface area contributed by atoms with Gasteiger partial charge >= 0.3 is 0 Å². The van der Waals surface area contributed by atoms with Gasteiger partial charge in [-0.15, -0.1) is 0 Å². The summed E-state index contributed by atoms with van der Waals surface area (Å²) in [5, 5.41) is 4.00. The van der Waals surface area contributed by atoms with Gasteiger partial charge in [0.1, 0.15) is 12.4 Å². The van der Waals surface area contributed by atoms with Gasteiger partial charge in [-0.05, 0) is 31.4 Å². The minimum atomic E-state index is -0.0374. The standard InChI is InChI=1S/C14H17N3O2/c1-3-9(6-12-8(2)11(15)7-18-12)13-16-14(19-17-13)10-4-5-10/h3,6,10-11H,1,4-5,7,15H2,2H3/b9-6+. The first kappa shape index (κ1) is 12.2. The summed E-state index contributed by atoms with van der Waals surface area (Å²) in [5.41, 5.74) is 7.71. The van der Waals surface area contributed by atoms with Gasteiger partial charge in [0.15, 0.2) is 0 Å². The van der Waals surface area contributed by atoms with Crippen molar-refractivity contribution in [1.29, 1.82) is 0 Å². The summed E-state index contributed by atoms with van der Waals surface area (Å²) in [7, 11) is 0. The fraction of sp³-hybridized carbons (Fsp3) is 0.429. The third kappa shape index (κ3) is 2.33. The van der Waals surface area contributed by atoms with Crippen LogP contribution in [0.15, 0.2) is 34.6 Å². The maximum Gasteiger partial charge on any atom is 0.230 e. The Labute approximate surface area is 111 Å². The summed E-state index contributed by atoms with van der Waals surface area (Å²) in [5.74, 6) is 2.50. The van der Waals surface area contributed by atoms with E-state index in [0.29, 0.717) is 18.3 Å². The largest absolute Gasteiger partial charge is 0.492 e. The molecule has 0 bridgehead atoms. The molecule has 100 valence electrons. The van der Waals surface area contributed by atoms with Crippen LogP contribution in [0.25, 0.3) is 5.57 Å². The summed E-state index contributed by atoms with van der Waals surface area (Å²) in [6.07, 6.45) is 5.85. The van der Waals surface area contributed by atoms with Crippen molar-refractivity contribution in [2.45, 2.75) is 31.7 Å². The molecule has 1 fully saturated rings. The van der Waals surface area contributed by atoms with Gasteiger partial charge in [0.2, 0.25) is 11.7 Å². The molecule has 1 aromatic rings. The number of allylic oxidation sites excluding steroid dienone is 3. The molecule has 1 atom stereocenters. The molecule has 1 unspecified atom stereocenters. The van der Waals surface area contributed by atoms with E-state index < -0.39 is 0 Å². The summed E-state index contributed by atoms with van der Waals surface area (Å²) in [6, 6.07) is -0.0374. The third-order valence-electron chi connectivity index (χ3n) is 3.50. The lowest BCUT2D eigenvalue weighted by molar-refractivity contribution is 0.247. The molecule has 19 heavy (non-hydrogen) atoms. The highest BCUT2D eigenvalue weighted by atomic mass is 16.5. The van der Waals surface area contributed by atoms with Crippen LogP contribution in [0.5, 0.6) is 0 Å². The number of hydrogen-bond donors (Lipinski definition) is 1. The van der Waals surface area contributed by atoms with Crippen molar-refractivity contribution in [3.63, 3.8) is 0 Å². The minimum Gasteiger partial charge on any atom is -0.492 e. The zero-order valence-electron chi connectivity index (χ0n) is 10.9. The van der Waals surface area contributed by atoms with Crippen LogP contribution in [0, 0.1) is 0 Å². The van der Waals surface area contributed by atoms with Crippen LogP contribution in [-0.2, 0) is 4.74 Å². The van der Waals surface area contributed by atoms with Gasteiger partial charge in [0.25, 0.3) is 0 Å². The van der Waals surface area contributed by atoms with Crippen LogP contribution in [-0.4, -0.2) is 22.8 Å². The molecule has 1 aliphatic carbocycles. The lowest BCUT2D eigenvalue weighted by Gasteiger charge is -1.99. The van der Waals surface area contributed by atoms with Crippen molar-refractivity contribution in [2.75, 3.05) is 6.61 Å². The van der Waals surface area contributed by atoms with Crippen LogP contribution in [0.3, 0.4) is 0 Å². The molecular formula is C14H17N3O2. The smallest absolute Gasteiger partial charge is 0.230 e. The molecule has 3 rings (SSSR count). The van der Waals surface area contributed by atoms with E-state index in [9.17, 15) is 0 Å². The maximum absolute atomic E-state index is 5.89. The Morgan fingerprint density at radius 1 is 1.47 bits per heavy atom. The van der Waals surface area contributed by atoms with Crippen LogP contribution < -0.4 is 5.73 Å². The summed E-state index contributed by atoms with van der Waals surface area (Å²) < 4.78 is 10.8. The highest BCUT2D eigenvalue weighted by molar-refractivity contribution is 5.71. The fourth-order valence-electron chi connectivity index (χ4n) is 1.96. The molecule has 2 N–H and O–H groups in total. The molecule has 2 aliphatic rings. The monoisotopic (exact) mass is 259 g/mol. The van der Waals surface area contributed by atoms with Crippen molar-refractivity contribution in [1.82, 2.24) is 10.1 Å². The van der Waals surface area contributed by atoms with Crippen LogP contribution in [0.1, 0.15) is 37.4 Å². The second kappa shape index (κ2) is 4.66. The molecule has 0 amide bonds. The Kier molecular flexibility index (Phi) is 2.98. The average molecular weight is 259 g/mol. The Morgan fingerprint density at radius 2 is 2.26 bits per heavy atom. The van der Waals surface area contributed by atoms with Gasteiger partial charge in [0, 0.05) is 11.5 Å². The normalized spacial score (nSPS) is 23.7. The zero-order valence-corrected chi connectivity index (χ0v) is 10.9. The number of rotatable bonds is 4. The van der Waals surface area contributed by atoms with Crippen molar-refractivity contribution in [3.8, 4) is 0 Å². The molecule has 0 saturated heterocycles. The number of nitrogens with zero attached hydrogens (tertiary/aromatic N) is 2. The van der Waals surface area contributed by atoms with E-state index in [4.69, 9.17) is 15.0 Å². The minimum absolute atomic E-state index is 0.0374. The van der Waals surface area contributed by atoms with Crippen molar-refractivity contribution in [2.24, 2.45) is 5.73 Å². The molecule has 0 radical (unpaired) electrons. The summed E-state index contributed by atoms with van der Waals surface area (Å²) in [6.45, 7) is 6.28. The van der Waals surface area contributed by atoms with Gasteiger partial charge < -0.3 is 15.0 Å². The van der Waals surface area contributed by atoms with Gasteiger partial charge in [-0.1, -0.05) is 17.8 Å². The van der Waals surface area contributed by atoms with Gasteiger partial charge in [-0.2, -0.15) is 4.98 Å². The molecule has 1 aliphatic heterocycles. The zero-order chi connectivity index (χ0) is 13.4. The van der Waals surface area contributed by atoms with Gasteiger partial charge in [-0.25, -0.2) is 0 Å². The Bertz CT molecular complexity index is 567. The van der Waals surface area contributed by atoms with E-state index in [1.807, 2.05) is 13.0 Å². The number of nitrogens with two attached hydrogens (primary N) is 1. The molecule has 1 saturated carbocycles. The Balaban J connectivity index is 1.89. The first-order chi connectivity index (χ1) is 9.19. The first-order valence-corrected chi connectivity index (χ1v) is 6.46. The van der Waals surface area contributed by atoms with E-state index in [-0.39, 0.29) is 6.04 Å². The first-order valence-electron chi connectivity index (χ1n) is 6.46. The second-order valence-electron chi connectivity index (χ2n) is 5.00. The van der Waals surface area contributed by atoms with Crippen LogP contribution >= 0.6 is 0 Å². The number of ether oxygens (including phenoxy) is 1. The van der Waals surface area contributed by atoms with Crippen molar-refractivity contribution in [3.05, 3.63) is 41.8 Å². The van der Waals surface area contributed by atoms with E-state index in [1.165, 1.54) is 0 Å². The quantitative estimate of drug-likeness (QED) is 0.838. The SMILES string of the molecule is C=C/C(=C\C1=C(C)C(N)CO1)c1noc(C2CC2)n1. The van der Waals surface area contributed by atoms with E-state index in [1.54, 1.807) is 6.08 Å². The highest BCUT2D eigenvalue weighted by Gasteiger charge is 2.30. The molecule has 0 aromatic carbocycles. The fourth-order valence-corrected chi connectivity index (χ4v) is 1.96. The predicted octanol–water partition coefficient (Wildman–Crippen LogP) is 2.15. The van der Waals surface area contributed by atoms with Crippen molar-refractivity contribution < 1.29 is 9.26 Å². The lowest BCUT2D eigenvalue weighted by Crippen LogP contribution is -2.21. The van der Waals surface area contributed by atoms with E-state index in [0.717, 1.165) is 35.6 Å². The average Bonchev–Trinajstić information content (AvgIpc) is 3.08. The number of hydrogen-bond acceptors (Lipinski definition) is 5. The second-order valence-corrected chi connectivity index (χ2v) is 5.00. The van der Waals surface area contributed by atoms with Gasteiger partial charge in [-0.3, -0.25) is 0 Å². The Morgan fingerprint density at radius 3 is 2.84 bits per heavy atom. The molecular weight excluding hydrogens is 242 g/mol. The van der Waals surface area contributed by atoms with Crippen LogP contribution in [0.2, 0.25) is 0 Å². The predicted molar refractivity (Wildman–Crippen MR) is 71.1 cm³/mol. The van der Waals surface area contributed by atoms with E-state index >= 15 is 0 Å². The molecule has 2 heterocycles. The summed E-state index contributed by atoms with van der Waals surface area (Å²) >= 11 is 0. The van der Waals surface area contributed by atoms with Crippen molar-refractivity contribution >= 4 is 5.57 Å². The number of aromatic nitrogens is 2. The lowest BCUT2D eigenvalue weighted by atomic mass is 10.1. The molecule has 5 heteroatoms. The maximum atomic E-state index is 5.89. The van der Waals surface area contributed by atoms with Crippen LogP contribution in [0.4, 0.5) is 0 Å². The summed E-state index contributed by atoms with van der Waals surface area (Å²) in [4.78, 5) is 4.40. The molecule has 1 aromatic heterocycles. The van der Waals surface area contributed by atoms with E-state index in [2.05, 4.69) is 16.7 Å². The topological polar surface area (TPSA) is 74.2 Å². The molecule has 0 spiro atoms. The highest BCUT2D eigenvalue weighted by Crippen LogP contribution is 2.39. The molecule has 5 nitrogen and oxygen atoms in total. The van der Waals surface area contributed by atoms with Gasteiger partial charge in [0.05, 0.1) is 6.04 Å². The Hall–Kier alpha value is -1.88. The third-order valence-corrected chi connectivity index (χ3v) is 3.50.